The van der Waals surface area contributed by atoms with E-state index in [1.807, 2.05) is 23.5 Å². The van der Waals surface area contributed by atoms with Gasteiger partial charge in [-0.1, -0.05) is 13.0 Å². The first-order valence-electron chi connectivity index (χ1n) is 7.59. The fourth-order valence-corrected chi connectivity index (χ4v) is 4.49. The van der Waals surface area contributed by atoms with Gasteiger partial charge in [0.15, 0.2) is 0 Å². The maximum atomic E-state index is 10.3. The summed E-state index contributed by atoms with van der Waals surface area (Å²) in [5.74, 6) is 0.951. The van der Waals surface area contributed by atoms with Gasteiger partial charge in [-0.2, -0.15) is 0 Å². The average Bonchev–Trinajstić information content (AvgIpc) is 2.93. The van der Waals surface area contributed by atoms with Crippen molar-refractivity contribution in [1.82, 2.24) is 5.32 Å². The van der Waals surface area contributed by atoms with Crippen molar-refractivity contribution in [1.29, 1.82) is 0 Å². The van der Waals surface area contributed by atoms with Crippen molar-refractivity contribution in [3.8, 4) is 5.75 Å². The summed E-state index contributed by atoms with van der Waals surface area (Å²) >= 11 is 1.86. The van der Waals surface area contributed by atoms with E-state index < -0.39 is 0 Å². The number of nitrogens with one attached hydrogen (secondary N) is 1. The second-order valence-electron chi connectivity index (χ2n) is 6.25. The van der Waals surface area contributed by atoms with Crippen molar-refractivity contribution in [3.63, 3.8) is 0 Å². The van der Waals surface area contributed by atoms with Crippen LogP contribution in [0.1, 0.15) is 57.3 Å². The van der Waals surface area contributed by atoms with E-state index in [1.165, 1.54) is 26.4 Å². The maximum Gasteiger partial charge on any atom is 0.120 e. The third-order valence-electron chi connectivity index (χ3n) is 4.65. The van der Waals surface area contributed by atoms with Crippen LogP contribution in [0.4, 0.5) is 0 Å². The number of fused-ring (bicyclic) bond motifs is 1. The molecule has 3 rings (SSSR count). The first-order valence-corrected chi connectivity index (χ1v) is 8.40. The van der Waals surface area contributed by atoms with Gasteiger partial charge in [0.2, 0.25) is 0 Å². The number of benzene rings is 1. The number of phenols is 1. The molecule has 0 saturated heterocycles. The van der Waals surface area contributed by atoms with E-state index in [2.05, 4.69) is 39.1 Å². The SMILES string of the molecule is Cc1cc(CNC2CC(C)c3c(C)ccc(O)c32)sc1C. The van der Waals surface area contributed by atoms with Gasteiger partial charge in [0, 0.05) is 27.9 Å². The summed E-state index contributed by atoms with van der Waals surface area (Å²) in [6.07, 6.45) is 1.07. The van der Waals surface area contributed by atoms with Crippen LogP contribution < -0.4 is 5.32 Å². The molecule has 21 heavy (non-hydrogen) atoms. The van der Waals surface area contributed by atoms with Crippen molar-refractivity contribution in [2.45, 2.75) is 52.6 Å². The van der Waals surface area contributed by atoms with Gasteiger partial charge in [-0.05, 0) is 61.9 Å². The lowest BCUT2D eigenvalue weighted by molar-refractivity contribution is 0.445. The van der Waals surface area contributed by atoms with Crippen molar-refractivity contribution in [3.05, 3.63) is 50.2 Å². The molecule has 0 aliphatic heterocycles. The fraction of sp³-hybridized carbons (Fsp3) is 0.444. The zero-order valence-corrected chi connectivity index (χ0v) is 14.0. The van der Waals surface area contributed by atoms with Gasteiger partial charge in [-0.3, -0.25) is 0 Å². The topological polar surface area (TPSA) is 32.3 Å². The lowest BCUT2D eigenvalue weighted by Crippen LogP contribution is -2.18. The molecule has 1 aromatic heterocycles. The summed E-state index contributed by atoms with van der Waals surface area (Å²) in [6.45, 7) is 9.61. The average molecular weight is 301 g/mol. The van der Waals surface area contributed by atoms with Crippen LogP contribution in [-0.2, 0) is 6.54 Å². The Morgan fingerprint density at radius 3 is 2.62 bits per heavy atom. The van der Waals surface area contributed by atoms with Crippen LogP contribution in [-0.4, -0.2) is 5.11 Å². The number of rotatable bonds is 3. The fourth-order valence-electron chi connectivity index (χ4n) is 3.49. The Kier molecular flexibility index (Phi) is 3.80. The van der Waals surface area contributed by atoms with E-state index in [9.17, 15) is 5.11 Å². The zero-order chi connectivity index (χ0) is 15.1. The predicted molar refractivity (Wildman–Crippen MR) is 89.2 cm³/mol. The molecule has 112 valence electrons. The molecule has 1 aliphatic carbocycles. The normalized spacial score (nSPS) is 20.8. The summed E-state index contributed by atoms with van der Waals surface area (Å²) in [7, 11) is 0. The van der Waals surface area contributed by atoms with Gasteiger partial charge in [0.05, 0.1) is 0 Å². The Labute approximate surface area is 130 Å². The van der Waals surface area contributed by atoms with Crippen molar-refractivity contribution < 1.29 is 5.11 Å². The largest absolute Gasteiger partial charge is 0.508 e. The van der Waals surface area contributed by atoms with E-state index in [0.29, 0.717) is 11.7 Å². The highest BCUT2D eigenvalue weighted by Gasteiger charge is 2.31. The second kappa shape index (κ2) is 5.47. The lowest BCUT2D eigenvalue weighted by Gasteiger charge is -2.15. The summed E-state index contributed by atoms with van der Waals surface area (Å²) in [6, 6.07) is 6.39. The molecule has 0 saturated carbocycles. The molecule has 1 aromatic carbocycles. The quantitative estimate of drug-likeness (QED) is 0.860. The predicted octanol–water partition coefficient (Wildman–Crippen LogP) is 4.72. The number of hydrogen-bond acceptors (Lipinski definition) is 3. The summed E-state index contributed by atoms with van der Waals surface area (Å²) in [5.41, 5.74) is 5.12. The standard InChI is InChI=1S/C18H23NOS/c1-10-5-6-16(20)18-15(8-12(3)17(10)18)19-9-14-7-11(2)13(4)21-14/h5-7,12,15,19-20H,8-9H2,1-4H3. The molecule has 2 aromatic rings. The monoisotopic (exact) mass is 301 g/mol. The van der Waals surface area contributed by atoms with Gasteiger partial charge < -0.3 is 10.4 Å². The smallest absolute Gasteiger partial charge is 0.120 e. The van der Waals surface area contributed by atoms with Crippen LogP contribution in [0.15, 0.2) is 18.2 Å². The Bertz CT molecular complexity index is 655. The second-order valence-corrected chi connectivity index (χ2v) is 7.59. The van der Waals surface area contributed by atoms with Crippen LogP contribution in [0, 0.1) is 20.8 Å². The number of hydrogen-bond donors (Lipinski definition) is 2. The molecule has 0 bridgehead atoms. The molecule has 2 unspecified atom stereocenters. The summed E-state index contributed by atoms with van der Waals surface area (Å²) in [4.78, 5) is 2.77. The molecule has 1 aliphatic rings. The van der Waals surface area contributed by atoms with E-state index in [0.717, 1.165) is 18.5 Å². The van der Waals surface area contributed by atoms with Gasteiger partial charge in [0.1, 0.15) is 5.75 Å². The summed E-state index contributed by atoms with van der Waals surface area (Å²) < 4.78 is 0. The molecular weight excluding hydrogens is 278 g/mol. The van der Waals surface area contributed by atoms with Crippen LogP contribution >= 0.6 is 11.3 Å². The molecule has 3 heteroatoms. The highest BCUT2D eigenvalue weighted by atomic mass is 32.1. The van der Waals surface area contributed by atoms with E-state index in [-0.39, 0.29) is 6.04 Å². The first-order chi connectivity index (χ1) is 9.97. The molecule has 2 N–H and O–H groups in total. The lowest BCUT2D eigenvalue weighted by atomic mass is 9.97. The third kappa shape index (κ3) is 2.60. The number of phenolic OH excluding ortho intramolecular Hbond substituents is 1. The molecular formula is C18H23NOS. The maximum absolute atomic E-state index is 10.3. The van der Waals surface area contributed by atoms with Crippen LogP contribution in [0.25, 0.3) is 0 Å². The molecule has 2 atom stereocenters. The van der Waals surface area contributed by atoms with Crippen LogP contribution in [0.3, 0.4) is 0 Å². The van der Waals surface area contributed by atoms with E-state index in [4.69, 9.17) is 0 Å². The summed E-state index contributed by atoms with van der Waals surface area (Å²) in [5, 5.41) is 13.9. The van der Waals surface area contributed by atoms with Gasteiger partial charge in [-0.15, -0.1) is 11.3 Å². The zero-order valence-electron chi connectivity index (χ0n) is 13.2. The highest BCUT2D eigenvalue weighted by molar-refractivity contribution is 7.12. The minimum Gasteiger partial charge on any atom is -0.508 e. The molecule has 0 amide bonds. The molecule has 0 fully saturated rings. The van der Waals surface area contributed by atoms with Crippen molar-refractivity contribution in [2.75, 3.05) is 0 Å². The number of thiophene rings is 1. The Hall–Kier alpha value is -1.32. The van der Waals surface area contributed by atoms with E-state index in [1.54, 1.807) is 0 Å². The minimum atomic E-state index is 0.262. The van der Waals surface area contributed by atoms with Crippen LogP contribution in [0.5, 0.6) is 5.75 Å². The minimum absolute atomic E-state index is 0.262. The molecule has 0 spiro atoms. The van der Waals surface area contributed by atoms with Gasteiger partial charge in [0.25, 0.3) is 0 Å². The van der Waals surface area contributed by atoms with Crippen molar-refractivity contribution >= 4 is 11.3 Å². The Balaban J connectivity index is 1.82. The first kappa shape index (κ1) is 14.6. The Morgan fingerprint density at radius 1 is 1.19 bits per heavy atom. The number of aromatic hydroxyl groups is 1. The van der Waals surface area contributed by atoms with Gasteiger partial charge in [-0.25, -0.2) is 0 Å². The number of aryl methyl sites for hydroxylation is 3. The molecule has 1 heterocycles. The molecule has 0 radical (unpaired) electrons. The molecule has 2 nitrogen and oxygen atoms in total. The van der Waals surface area contributed by atoms with Crippen LogP contribution in [0.2, 0.25) is 0 Å². The third-order valence-corrected chi connectivity index (χ3v) is 5.80. The van der Waals surface area contributed by atoms with E-state index >= 15 is 0 Å². The van der Waals surface area contributed by atoms with Gasteiger partial charge >= 0.3 is 0 Å². The van der Waals surface area contributed by atoms with Crippen molar-refractivity contribution in [2.24, 2.45) is 0 Å². The Morgan fingerprint density at radius 2 is 1.95 bits per heavy atom. The highest BCUT2D eigenvalue weighted by Crippen LogP contribution is 2.46.